The number of morpholine rings is 1. The maximum Gasteiger partial charge on any atom is 0.246 e. The zero-order valence-electron chi connectivity index (χ0n) is 12.2. The van der Waals surface area contributed by atoms with Crippen molar-refractivity contribution in [2.24, 2.45) is 0 Å². The maximum atomic E-state index is 12.5. The molecule has 1 saturated heterocycles. The van der Waals surface area contributed by atoms with Gasteiger partial charge in [0, 0.05) is 31.9 Å². The van der Waals surface area contributed by atoms with Gasteiger partial charge in [0.05, 0.1) is 25.5 Å². The van der Waals surface area contributed by atoms with Gasteiger partial charge in [-0.1, -0.05) is 0 Å². The van der Waals surface area contributed by atoms with E-state index in [0.29, 0.717) is 32.3 Å². The normalized spacial score (nSPS) is 24.3. The smallest absolute Gasteiger partial charge is 0.246 e. The van der Waals surface area contributed by atoms with E-state index >= 15 is 0 Å². The van der Waals surface area contributed by atoms with Crippen molar-refractivity contribution in [1.29, 1.82) is 0 Å². The summed E-state index contributed by atoms with van der Waals surface area (Å²) in [6.07, 6.45) is 5.48. The van der Waals surface area contributed by atoms with Crippen molar-refractivity contribution in [2.45, 2.75) is 43.4 Å². The van der Waals surface area contributed by atoms with Gasteiger partial charge in [0.15, 0.2) is 0 Å². The lowest BCUT2D eigenvalue weighted by molar-refractivity contribution is 0.0102. The van der Waals surface area contributed by atoms with Gasteiger partial charge in [-0.05, 0) is 19.8 Å². The third kappa shape index (κ3) is 3.63. The summed E-state index contributed by atoms with van der Waals surface area (Å²) in [5.41, 5.74) is 0. The van der Waals surface area contributed by atoms with Crippen molar-refractivity contribution in [3.05, 3.63) is 12.4 Å². The summed E-state index contributed by atoms with van der Waals surface area (Å²) in [6.45, 7) is 4.64. The molecule has 0 spiro atoms. The topological polar surface area (TPSA) is 76.5 Å². The molecule has 1 aliphatic heterocycles. The van der Waals surface area contributed by atoms with Crippen LogP contribution >= 0.6 is 0 Å². The number of aromatic nitrogens is 2. The predicted molar refractivity (Wildman–Crippen MR) is 77.4 cm³/mol. The molecule has 1 atom stereocenters. The van der Waals surface area contributed by atoms with E-state index in [1.165, 1.54) is 23.3 Å². The van der Waals surface area contributed by atoms with Gasteiger partial charge in [-0.25, -0.2) is 8.42 Å². The van der Waals surface area contributed by atoms with Crippen LogP contribution in [0.2, 0.25) is 0 Å². The molecule has 1 N–H and O–H groups in total. The Morgan fingerprint density at radius 3 is 3.00 bits per heavy atom. The second kappa shape index (κ2) is 6.04. The van der Waals surface area contributed by atoms with E-state index in [4.69, 9.17) is 4.74 Å². The molecule has 0 radical (unpaired) electrons. The van der Waals surface area contributed by atoms with Crippen LogP contribution in [0.1, 0.15) is 19.8 Å². The highest BCUT2D eigenvalue weighted by Gasteiger charge is 2.30. The summed E-state index contributed by atoms with van der Waals surface area (Å²) in [6, 6.07) is 0.651. The lowest BCUT2D eigenvalue weighted by Crippen LogP contribution is -2.44. The molecule has 2 aliphatic rings. The van der Waals surface area contributed by atoms with Crippen LogP contribution in [0, 0.1) is 0 Å². The summed E-state index contributed by atoms with van der Waals surface area (Å²) in [7, 11) is -3.45. The Morgan fingerprint density at radius 2 is 2.29 bits per heavy atom. The first kappa shape index (κ1) is 15.0. The fourth-order valence-electron chi connectivity index (χ4n) is 2.42. The van der Waals surface area contributed by atoms with Gasteiger partial charge in [0.1, 0.15) is 4.90 Å². The Kier molecular flexibility index (Phi) is 4.30. The molecule has 1 saturated carbocycles. The fourth-order valence-corrected chi connectivity index (χ4v) is 3.88. The molecular weight excluding hydrogens is 292 g/mol. The van der Waals surface area contributed by atoms with Gasteiger partial charge >= 0.3 is 0 Å². The fraction of sp³-hybridized carbons (Fsp3) is 0.769. The van der Waals surface area contributed by atoms with Crippen molar-refractivity contribution in [3.8, 4) is 0 Å². The van der Waals surface area contributed by atoms with Crippen LogP contribution in [0.4, 0.5) is 0 Å². The van der Waals surface area contributed by atoms with Crippen LogP contribution in [-0.4, -0.2) is 60.9 Å². The largest absolute Gasteiger partial charge is 0.376 e. The molecule has 118 valence electrons. The van der Waals surface area contributed by atoms with Gasteiger partial charge in [0.2, 0.25) is 10.0 Å². The number of hydrogen-bond acceptors (Lipinski definition) is 5. The van der Waals surface area contributed by atoms with Gasteiger partial charge < -0.3 is 10.1 Å². The molecule has 8 heteroatoms. The van der Waals surface area contributed by atoms with Crippen LogP contribution < -0.4 is 5.32 Å². The van der Waals surface area contributed by atoms with Crippen LogP contribution in [-0.2, 0) is 21.3 Å². The van der Waals surface area contributed by atoms with Crippen molar-refractivity contribution in [2.75, 3.05) is 26.2 Å². The molecule has 3 rings (SSSR count). The van der Waals surface area contributed by atoms with Gasteiger partial charge in [-0.15, -0.1) is 0 Å². The van der Waals surface area contributed by atoms with E-state index in [1.807, 2.05) is 6.92 Å². The Labute approximate surface area is 125 Å². The van der Waals surface area contributed by atoms with Crippen LogP contribution in [0.3, 0.4) is 0 Å². The quantitative estimate of drug-likeness (QED) is 0.802. The molecule has 7 nitrogen and oxygen atoms in total. The zero-order valence-corrected chi connectivity index (χ0v) is 13.1. The van der Waals surface area contributed by atoms with E-state index < -0.39 is 10.0 Å². The summed E-state index contributed by atoms with van der Waals surface area (Å²) in [5, 5.41) is 7.54. The van der Waals surface area contributed by atoms with Gasteiger partial charge in [-0.2, -0.15) is 9.40 Å². The zero-order chi connectivity index (χ0) is 14.9. The molecule has 0 aromatic carbocycles. The number of hydrogen-bond donors (Lipinski definition) is 1. The van der Waals surface area contributed by atoms with E-state index in [-0.39, 0.29) is 11.0 Å². The molecule has 21 heavy (non-hydrogen) atoms. The van der Waals surface area contributed by atoms with Crippen LogP contribution in [0.15, 0.2) is 17.3 Å². The average Bonchev–Trinajstić information content (AvgIpc) is 3.14. The highest BCUT2D eigenvalue weighted by atomic mass is 32.2. The summed E-state index contributed by atoms with van der Waals surface area (Å²) in [5.74, 6) is 0. The average molecular weight is 314 g/mol. The first-order chi connectivity index (χ1) is 10.1. The number of nitrogens with zero attached hydrogens (tertiary/aromatic N) is 3. The molecule has 2 heterocycles. The van der Waals surface area contributed by atoms with Gasteiger partial charge in [0.25, 0.3) is 0 Å². The maximum absolute atomic E-state index is 12.5. The van der Waals surface area contributed by atoms with Gasteiger partial charge in [-0.3, -0.25) is 4.68 Å². The van der Waals surface area contributed by atoms with Crippen molar-refractivity contribution >= 4 is 10.0 Å². The number of sulfonamides is 1. The van der Waals surface area contributed by atoms with E-state index in [2.05, 4.69) is 10.4 Å². The highest BCUT2D eigenvalue weighted by molar-refractivity contribution is 7.89. The van der Waals surface area contributed by atoms with Crippen LogP contribution in [0.5, 0.6) is 0 Å². The first-order valence-corrected chi connectivity index (χ1v) is 8.87. The molecule has 2 fully saturated rings. The first-order valence-electron chi connectivity index (χ1n) is 7.43. The Hall–Kier alpha value is -0.960. The highest BCUT2D eigenvalue weighted by Crippen LogP contribution is 2.19. The summed E-state index contributed by atoms with van der Waals surface area (Å²) in [4.78, 5) is 0.267. The minimum atomic E-state index is -3.45. The minimum absolute atomic E-state index is 0.0636. The Bertz CT molecular complexity index is 582. The molecule has 0 amide bonds. The van der Waals surface area contributed by atoms with E-state index in [9.17, 15) is 8.42 Å². The lowest BCUT2D eigenvalue weighted by Gasteiger charge is -2.29. The Morgan fingerprint density at radius 1 is 1.48 bits per heavy atom. The molecule has 1 unspecified atom stereocenters. The minimum Gasteiger partial charge on any atom is -0.376 e. The molecule has 1 aromatic rings. The molecular formula is C13H22N4O3S. The van der Waals surface area contributed by atoms with Crippen LogP contribution in [0.25, 0.3) is 0 Å². The van der Waals surface area contributed by atoms with Crippen molar-refractivity contribution < 1.29 is 13.2 Å². The number of nitrogens with one attached hydrogen (secondary N) is 1. The summed E-state index contributed by atoms with van der Waals surface area (Å²) < 4.78 is 33.6. The number of rotatable bonds is 6. The SMILES string of the molecule is CC1CN(S(=O)(=O)c2cnn(CCNC3CC3)c2)CCO1. The standard InChI is InChI=1S/C13H22N4O3S/c1-11-9-17(6-7-20-11)21(18,19)13-8-15-16(10-13)5-4-14-12-2-3-12/h8,10-12,14H,2-7,9H2,1H3. The second-order valence-corrected chi connectivity index (χ2v) is 7.65. The summed E-state index contributed by atoms with van der Waals surface area (Å²) >= 11 is 0. The Balaban J connectivity index is 1.62. The monoisotopic (exact) mass is 314 g/mol. The van der Waals surface area contributed by atoms with Crippen molar-refractivity contribution in [1.82, 2.24) is 19.4 Å². The predicted octanol–water partition coefficient (Wildman–Crippen LogP) is 0.0445. The second-order valence-electron chi connectivity index (χ2n) is 5.71. The third-order valence-electron chi connectivity index (χ3n) is 3.80. The van der Waals surface area contributed by atoms with Crippen molar-refractivity contribution in [3.63, 3.8) is 0 Å². The molecule has 1 aliphatic carbocycles. The van der Waals surface area contributed by atoms with E-state index in [0.717, 1.165) is 6.54 Å². The third-order valence-corrected chi connectivity index (χ3v) is 5.62. The van der Waals surface area contributed by atoms with E-state index in [1.54, 1.807) is 10.9 Å². The lowest BCUT2D eigenvalue weighted by atomic mass is 10.3. The molecule has 1 aromatic heterocycles. The number of ether oxygens (including phenoxy) is 1. The molecule has 0 bridgehead atoms.